The van der Waals surface area contributed by atoms with E-state index >= 15 is 0 Å². The molecule has 2 fully saturated rings. The highest BCUT2D eigenvalue weighted by Gasteiger charge is 2.41. The molecule has 33 heavy (non-hydrogen) atoms. The normalized spacial score (nSPS) is 22.8. The maximum Gasteiger partial charge on any atom is 0.158 e. The molecule has 2 aliphatic heterocycles. The van der Waals surface area contributed by atoms with Crippen LogP contribution in [0.4, 0.5) is 16.4 Å². The standard InChI is InChI=1S/C27H31N5S/c1-2-8-19(9-3-1)14-15-23-25(20-10-4-5-11-20)32(17-16-28-23)26-24-27(33-18-29-24)31-22-13-7-6-12-21(22)30-26/h1-3,6-9,12-13,18,20,23,25,28,31H,4-5,10-11,14-17H2. The molecule has 1 aromatic heterocycles. The molecule has 2 N–H and O–H groups in total. The van der Waals surface area contributed by atoms with E-state index in [9.17, 15) is 0 Å². The largest absolute Gasteiger partial charge is 0.349 e. The number of nitrogens with zero attached hydrogens (tertiary/aromatic N) is 3. The van der Waals surface area contributed by atoms with Crippen molar-refractivity contribution in [1.82, 2.24) is 15.2 Å². The van der Waals surface area contributed by atoms with Gasteiger partial charge in [-0.25, -0.2) is 9.98 Å². The number of aromatic nitrogens is 1. The predicted octanol–water partition coefficient (Wildman–Crippen LogP) is 5.74. The Hall–Kier alpha value is -2.70. The number of rotatable bonds is 4. The number of fused-ring (bicyclic) bond motifs is 2. The molecular formula is C27H31N5S. The van der Waals surface area contributed by atoms with Crippen LogP contribution < -0.4 is 10.6 Å². The van der Waals surface area contributed by atoms with Gasteiger partial charge in [-0.05, 0) is 49.3 Å². The first-order valence-electron chi connectivity index (χ1n) is 12.3. The molecule has 1 aliphatic carbocycles. The van der Waals surface area contributed by atoms with E-state index in [0.717, 1.165) is 53.8 Å². The molecule has 6 rings (SSSR count). The molecule has 2 unspecified atom stereocenters. The lowest BCUT2D eigenvalue weighted by Crippen LogP contribution is -2.62. The van der Waals surface area contributed by atoms with Crippen molar-refractivity contribution < 1.29 is 0 Å². The van der Waals surface area contributed by atoms with Gasteiger partial charge in [0.15, 0.2) is 5.84 Å². The number of aliphatic imine (C=N–C) groups is 1. The molecule has 0 bridgehead atoms. The number of hydrogen-bond acceptors (Lipinski definition) is 6. The fourth-order valence-corrected chi connectivity index (χ4v) is 6.57. The summed E-state index contributed by atoms with van der Waals surface area (Å²) in [6.07, 6.45) is 7.58. The zero-order valence-electron chi connectivity index (χ0n) is 18.9. The lowest BCUT2D eigenvalue weighted by molar-refractivity contribution is 0.134. The SMILES string of the molecule is c1ccc(CCC2NCCN(C3=Nc4ccccc4Nc4scnc43)C2C2CCCC2)cc1. The van der Waals surface area contributed by atoms with E-state index in [4.69, 9.17) is 9.98 Å². The summed E-state index contributed by atoms with van der Waals surface area (Å²) in [4.78, 5) is 12.7. The molecule has 2 atom stereocenters. The molecule has 170 valence electrons. The molecular weight excluding hydrogens is 426 g/mol. The monoisotopic (exact) mass is 457 g/mol. The number of benzene rings is 2. The van der Waals surface area contributed by atoms with Gasteiger partial charge in [0.25, 0.3) is 0 Å². The first-order chi connectivity index (χ1) is 16.4. The van der Waals surface area contributed by atoms with Gasteiger partial charge in [0, 0.05) is 25.2 Å². The highest BCUT2D eigenvalue weighted by molar-refractivity contribution is 7.14. The van der Waals surface area contributed by atoms with E-state index in [1.165, 1.54) is 31.2 Å². The van der Waals surface area contributed by atoms with Gasteiger partial charge in [-0.15, -0.1) is 11.3 Å². The molecule has 0 amide bonds. The molecule has 1 saturated heterocycles. The number of para-hydroxylation sites is 2. The minimum atomic E-state index is 0.448. The Bertz CT molecular complexity index is 1120. The van der Waals surface area contributed by atoms with E-state index in [1.807, 2.05) is 5.51 Å². The van der Waals surface area contributed by atoms with Crippen LogP contribution in [0.5, 0.6) is 0 Å². The van der Waals surface area contributed by atoms with Crippen LogP contribution in [0.1, 0.15) is 43.4 Å². The first-order valence-corrected chi connectivity index (χ1v) is 13.2. The maximum atomic E-state index is 5.25. The van der Waals surface area contributed by atoms with Crippen LogP contribution in [0.2, 0.25) is 0 Å². The summed E-state index contributed by atoms with van der Waals surface area (Å²) in [5.74, 6) is 1.75. The van der Waals surface area contributed by atoms with Crippen LogP contribution in [0.3, 0.4) is 0 Å². The van der Waals surface area contributed by atoms with Gasteiger partial charge in [-0.3, -0.25) is 0 Å². The van der Waals surface area contributed by atoms with Crippen molar-refractivity contribution in [3.05, 3.63) is 71.4 Å². The highest BCUT2D eigenvalue weighted by Crippen LogP contribution is 2.39. The molecule has 0 spiro atoms. The van der Waals surface area contributed by atoms with Crippen molar-refractivity contribution in [2.24, 2.45) is 10.9 Å². The van der Waals surface area contributed by atoms with Crippen molar-refractivity contribution in [2.75, 3.05) is 18.4 Å². The van der Waals surface area contributed by atoms with Gasteiger partial charge in [0.05, 0.1) is 16.9 Å². The third-order valence-electron chi connectivity index (χ3n) is 7.43. The van der Waals surface area contributed by atoms with Gasteiger partial charge >= 0.3 is 0 Å². The average molecular weight is 458 g/mol. The zero-order valence-corrected chi connectivity index (χ0v) is 19.7. The summed E-state index contributed by atoms with van der Waals surface area (Å²) in [5.41, 5.74) is 6.44. The van der Waals surface area contributed by atoms with Crippen molar-refractivity contribution in [1.29, 1.82) is 0 Å². The first kappa shape index (κ1) is 20.9. The lowest BCUT2D eigenvalue weighted by atomic mass is 9.85. The Kier molecular flexibility index (Phi) is 5.87. The van der Waals surface area contributed by atoms with Gasteiger partial charge in [-0.2, -0.15) is 0 Å². The number of hydrogen-bond donors (Lipinski definition) is 2. The van der Waals surface area contributed by atoms with Crippen LogP contribution >= 0.6 is 11.3 Å². The van der Waals surface area contributed by atoms with Gasteiger partial charge < -0.3 is 15.5 Å². The smallest absolute Gasteiger partial charge is 0.158 e. The van der Waals surface area contributed by atoms with Gasteiger partial charge in [0.2, 0.25) is 0 Å². The molecule has 6 heteroatoms. The summed E-state index contributed by atoms with van der Waals surface area (Å²) in [6.45, 7) is 1.96. The summed E-state index contributed by atoms with van der Waals surface area (Å²) in [7, 11) is 0. The van der Waals surface area contributed by atoms with E-state index in [2.05, 4.69) is 70.1 Å². The molecule has 3 aromatic rings. The van der Waals surface area contributed by atoms with Crippen molar-refractivity contribution in [3.63, 3.8) is 0 Å². The van der Waals surface area contributed by atoms with Crippen LogP contribution in [-0.4, -0.2) is 40.9 Å². The second-order valence-electron chi connectivity index (χ2n) is 9.42. The van der Waals surface area contributed by atoms with Crippen LogP contribution in [0.25, 0.3) is 0 Å². The minimum Gasteiger partial charge on any atom is -0.349 e. The Labute approximate surface area is 200 Å². The second-order valence-corrected chi connectivity index (χ2v) is 10.3. The Balaban J connectivity index is 1.36. The lowest BCUT2D eigenvalue weighted by Gasteiger charge is -2.46. The van der Waals surface area contributed by atoms with Gasteiger partial charge in [-0.1, -0.05) is 55.3 Å². The van der Waals surface area contributed by atoms with Crippen molar-refractivity contribution in [2.45, 2.75) is 50.6 Å². The zero-order chi connectivity index (χ0) is 22.0. The van der Waals surface area contributed by atoms with Crippen molar-refractivity contribution in [3.8, 4) is 0 Å². The Morgan fingerprint density at radius 1 is 1.00 bits per heavy atom. The maximum absolute atomic E-state index is 5.25. The Morgan fingerprint density at radius 3 is 2.70 bits per heavy atom. The van der Waals surface area contributed by atoms with E-state index < -0.39 is 0 Å². The Morgan fingerprint density at radius 2 is 1.82 bits per heavy atom. The highest BCUT2D eigenvalue weighted by atomic mass is 32.1. The summed E-state index contributed by atoms with van der Waals surface area (Å²) >= 11 is 1.67. The fourth-order valence-electron chi connectivity index (χ4n) is 5.89. The second kappa shape index (κ2) is 9.27. The third kappa shape index (κ3) is 4.18. The van der Waals surface area contributed by atoms with Crippen molar-refractivity contribution >= 4 is 33.5 Å². The number of amidine groups is 1. The van der Waals surface area contributed by atoms with E-state index in [0.29, 0.717) is 18.0 Å². The van der Waals surface area contributed by atoms with Crippen LogP contribution in [0.15, 0.2) is 65.1 Å². The molecule has 5 nitrogen and oxygen atoms in total. The number of thiazole rings is 1. The number of aryl methyl sites for hydroxylation is 1. The minimum absolute atomic E-state index is 0.448. The number of piperazine rings is 1. The fraction of sp³-hybridized carbons (Fsp3) is 0.407. The van der Waals surface area contributed by atoms with E-state index in [1.54, 1.807) is 11.3 Å². The number of anilines is 2. The third-order valence-corrected chi connectivity index (χ3v) is 8.17. The van der Waals surface area contributed by atoms with Crippen LogP contribution in [-0.2, 0) is 6.42 Å². The topological polar surface area (TPSA) is 52.5 Å². The summed E-state index contributed by atoms with van der Waals surface area (Å²) in [6, 6.07) is 20.2. The predicted molar refractivity (Wildman–Crippen MR) is 137 cm³/mol. The quantitative estimate of drug-likeness (QED) is 0.524. The average Bonchev–Trinajstić information content (AvgIpc) is 3.53. The summed E-state index contributed by atoms with van der Waals surface area (Å²) in [5, 5.41) is 8.60. The van der Waals surface area contributed by atoms with Gasteiger partial charge in [0.1, 0.15) is 10.7 Å². The molecule has 3 aliphatic rings. The summed E-state index contributed by atoms with van der Waals surface area (Å²) < 4.78 is 0. The van der Waals surface area contributed by atoms with E-state index in [-0.39, 0.29) is 0 Å². The molecule has 2 aromatic carbocycles. The molecule has 3 heterocycles. The molecule has 0 radical (unpaired) electrons. The number of nitrogens with one attached hydrogen (secondary N) is 2. The molecule has 1 saturated carbocycles. The van der Waals surface area contributed by atoms with Crippen LogP contribution in [0, 0.1) is 5.92 Å².